The van der Waals surface area contributed by atoms with Gasteiger partial charge in [-0.25, -0.2) is 13.1 Å². The second-order valence-corrected chi connectivity index (χ2v) is 6.27. The average molecular weight is 233 g/mol. The Morgan fingerprint density at radius 3 is 2.13 bits per heavy atom. The minimum absolute atomic E-state index is 0.00696. The van der Waals surface area contributed by atoms with E-state index in [9.17, 15) is 13.0 Å². The normalized spacial score (nSPS) is 11.5. The van der Waals surface area contributed by atoms with Crippen LogP contribution >= 0.6 is 0 Å². The Bertz CT molecular complexity index is 459. The van der Waals surface area contributed by atoms with Gasteiger partial charge in [0.05, 0.1) is 6.54 Å². The molecule has 1 aromatic rings. The first kappa shape index (κ1) is 12.1. The van der Waals surface area contributed by atoms with E-state index in [2.05, 4.69) is 4.36 Å². The molecule has 0 saturated carbocycles. The molecule has 0 saturated heterocycles. The van der Waals surface area contributed by atoms with Crippen molar-refractivity contribution in [3.05, 3.63) is 34.9 Å². The number of halogens is 2. The van der Waals surface area contributed by atoms with E-state index in [-0.39, 0.29) is 12.1 Å². The van der Waals surface area contributed by atoms with Crippen LogP contribution in [-0.2, 0) is 16.3 Å². The summed E-state index contributed by atoms with van der Waals surface area (Å²) in [5.74, 6) is -1.20. The SMILES string of the molecule is Cc1c(F)cc(CN=S(C)(C)=O)cc1F. The third-order valence-electron chi connectivity index (χ3n) is 1.90. The predicted octanol–water partition coefficient (Wildman–Crippen LogP) is 2.50. The van der Waals surface area contributed by atoms with Crippen molar-refractivity contribution >= 4 is 9.73 Å². The zero-order valence-electron chi connectivity index (χ0n) is 8.88. The molecule has 84 valence electrons. The summed E-state index contributed by atoms with van der Waals surface area (Å²) in [4.78, 5) is 0. The third kappa shape index (κ3) is 3.58. The van der Waals surface area contributed by atoms with Crippen molar-refractivity contribution in [2.75, 3.05) is 12.5 Å². The highest BCUT2D eigenvalue weighted by molar-refractivity contribution is 7.92. The second kappa shape index (κ2) is 4.26. The highest BCUT2D eigenvalue weighted by Crippen LogP contribution is 2.15. The number of hydrogen-bond acceptors (Lipinski definition) is 2. The van der Waals surface area contributed by atoms with Crippen LogP contribution in [0.2, 0.25) is 0 Å². The molecule has 5 heteroatoms. The molecule has 0 atom stereocenters. The molecular formula is C10H13F2NOS. The Morgan fingerprint density at radius 1 is 1.27 bits per heavy atom. The lowest BCUT2D eigenvalue weighted by atomic mass is 10.1. The molecule has 0 aliphatic heterocycles. The van der Waals surface area contributed by atoms with Crippen LogP contribution in [0.3, 0.4) is 0 Å². The molecule has 0 aliphatic carbocycles. The Balaban J connectivity index is 3.04. The summed E-state index contributed by atoms with van der Waals surface area (Å²) >= 11 is 0. The lowest BCUT2D eigenvalue weighted by molar-refractivity contribution is 0.564. The van der Waals surface area contributed by atoms with Crippen LogP contribution in [0.1, 0.15) is 11.1 Å². The molecule has 0 unspecified atom stereocenters. The average Bonchev–Trinajstić information content (AvgIpc) is 2.09. The molecule has 0 amide bonds. The van der Waals surface area contributed by atoms with Crippen molar-refractivity contribution in [3.8, 4) is 0 Å². The van der Waals surface area contributed by atoms with Gasteiger partial charge in [0.25, 0.3) is 0 Å². The smallest absolute Gasteiger partial charge is 0.129 e. The molecular weight excluding hydrogens is 220 g/mol. The fraction of sp³-hybridized carbons (Fsp3) is 0.400. The molecule has 0 fully saturated rings. The van der Waals surface area contributed by atoms with Crippen LogP contribution in [0, 0.1) is 18.6 Å². The molecule has 0 spiro atoms. The van der Waals surface area contributed by atoms with Crippen molar-refractivity contribution in [1.29, 1.82) is 0 Å². The minimum Gasteiger partial charge on any atom is -0.250 e. The standard InChI is InChI=1S/C10H13F2NOS/c1-7-9(11)4-8(5-10(7)12)6-13-15(2,3)14/h4-5H,6H2,1-3H3. The summed E-state index contributed by atoms with van der Waals surface area (Å²) in [5.41, 5.74) is 0.388. The number of benzene rings is 1. The highest BCUT2D eigenvalue weighted by atomic mass is 32.2. The molecule has 1 rings (SSSR count). The molecule has 15 heavy (non-hydrogen) atoms. The van der Waals surface area contributed by atoms with Gasteiger partial charge in [-0.1, -0.05) is 0 Å². The molecule has 1 aromatic carbocycles. The number of rotatable bonds is 2. The van der Waals surface area contributed by atoms with E-state index < -0.39 is 21.4 Å². The van der Waals surface area contributed by atoms with Crippen LogP contribution in [0.15, 0.2) is 16.5 Å². The minimum atomic E-state index is -2.23. The van der Waals surface area contributed by atoms with E-state index >= 15 is 0 Å². The summed E-state index contributed by atoms with van der Waals surface area (Å²) in [6, 6.07) is 2.43. The fourth-order valence-corrected chi connectivity index (χ4v) is 1.48. The molecule has 0 aliphatic rings. The van der Waals surface area contributed by atoms with E-state index in [1.165, 1.54) is 31.6 Å². The maximum Gasteiger partial charge on any atom is 0.129 e. The lowest BCUT2D eigenvalue weighted by Crippen LogP contribution is -1.96. The lowest BCUT2D eigenvalue weighted by Gasteiger charge is -2.02. The molecule has 0 heterocycles. The highest BCUT2D eigenvalue weighted by Gasteiger charge is 2.06. The third-order valence-corrected chi connectivity index (χ3v) is 2.65. The van der Waals surface area contributed by atoms with Gasteiger partial charge in [0.1, 0.15) is 11.6 Å². The van der Waals surface area contributed by atoms with Gasteiger partial charge in [-0.15, -0.1) is 0 Å². The zero-order valence-corrected chi connectivity index (χ0v) is 9.70. The zero-order chi connectivity index (χ0) is 11.6. The van der Waals surface area contributed by atoms with E-state index in [0.29, 0.717) is 5.56 Å². The van der Waals surface area contributed by atoms with Gasteiger partial charge in [0.2, 0.25) is 0 Å². The van der Waals surface area contributed by atoms with E-state index in [1.54, 1.807) is 0 Å². The molecule has 0 N–H and O–H groups in total. The van der Waals surface area contributed by atoms with Gasteiger partial charge >= 0.3 is 0 Å². The number of nitrogens with zero attached hydrogens (tertiary/aromatic N) is 1. The molecule has 0 aromatic heterocycles. The van der Waals surface area contributed by atoms with Crippen LogP contribution in [0.5, 0.6) is 0 Å². The Kier molecular flexibility index (Phi) is 3.44. The van der Waals surface area contributed by atoms with Gasteiger partial charge in [-0.05, 0) is 24.6 Å². The first-order chi connectivity index (χ1) is 6.79. The maximum atomic E-state index is 13.1. The van der Waals surface area contributed by atoms with Crippen molar-refractivity contribution in [1.82, 2.24) is 0 Å². The Labute approximate surface area is 88.5 Å². The van der Waals surface area contributed by atoms with Gasteiger partial charge in [-0.3, -0.25) is 4.21 Å². The largest absolute Gasteiger partial charge is 0.250 e. The van der Waals surface area contributed by atoms with Gasteiger partial charge in [0.15, 0.2) is 0 Å². The topological polar surface area (TPSA) is 29.4 Å². The number of hydrogen-bond donors (Lipinski definition) is 0. The van der Waals surface area contributed by atoms with Crippen LogP contribution in [-0.4, -0.2) is 16.7 Å². The first-order valence-corrected chi connectivity index (χ1v) is 6.70. The summed E-state index contributed by atoms with van der Waals surface area (Å²) in [5, 5.41) is 0. The van der Waals surface area contributed by atoms with Crippen molar-refractivity contribution in [3.63, 3.8) is 0 Å². The van der Waals surface area contributed by atoms with Crippen LogP contribution < -0.4 is 0 Å². The maximum absolute atomic E-state index is 13.1. The molecule has 0 radical (unpaired) electrons. The van der Waals surface area contributed by atoms with Crippen molar-refractivity contribution < 1.29 is 13.0 Å². The summed E-state index contributed by atoms with van der Waals surface area (Å²) in [6.45, 7) is 1.44. The predicted molar refractivity (Wildman–Crippen MR) is 57.2 cm³/mol. The van der Waals surface area contributed by atoms with Crippen molar-refractivity contribution in [2.24, 2.45) is 4.36 Å². The quantitative estimate of drug-likeness (QED) is 0.771. The first-order valence-electron chi connectivity index (χ1n) is 4.37. The monoisotopic (exact) mass is 233 g/mol. The Hall–Kier alpha value is -0.970. The van der Waals surface area contributed by atoms with Crippen LogP contribution in [0.25, 0.3) is 0 Å². The fourth-order valence-electron chi connectivity index (χ4n) is 1.02. The molecule has 2 nitrogen and oxygen atoms in total. The van der Waals surface area contributed by atoms with E-state index in [1.807, 2.05) is 0 Å². The van der Waals surface area contributed by atoms with Gasteiger partial charge < -0.3 is 0 Å². The van der Waals surface area contributed by atoms with Crippen molar-refractivity contribution in [2.45, 2.75) is 13.5 Å². The molecule has 0 bridgehead atoms. The summed E-state index contributed by atoms with van der Waals surface area (Å²) in [7, 11) is -2.23. The Morgan fingerprint density at radius 2 is 1.73 bits per heavy atom. The summed E-state index contributed by atoms with van der Waals surface area (Å²) in [6.07, 6.45) is 2.96. The second-order valence-electron chi connectivity index (χ2n) is 3.65. The van der Waals surface area contributed by atoms with E-state index in [0.717, 1.165) is 0 Å². The summed E-state index contributed by atoms with van der Waals surface area (Å²) < 4.78 is 41.3. The van der Waals surface area contributed by atoms with Crippen LogP contribution in [0.4, 0.5) is 8.78 Å². The van der Waals surface area contributed by atoms with Gasteiger partial charge in [0, 0.05) is 27.8 Å². The van der Waals surface area contributed by atoms with E-state index in [4.69, 9.17) is 0 Å². The van der Waals surface area contributed by atoms with Gasteiger partial charge in [-0.2, -0.15) is 0 Å².